The second-order valence-electron chi connectivity index (χ2n) is 4.05. The van der Waals surface area contributed by atoms with Crippen LogP contribution < -0.4 is 11.1 Å². The first-order chi connectivity index (χ1) is 7.70. The average molecular weight is 222 g/mol. The summed E-state index contributed by atoms with van der Waals surface area (Å²) in [6.07, 6.45) is 2.70. The highest BCUT2D eigenvalue weighted by atomic mass is 19.1. The van der Waals surface area contributed by atoms with Gasteiger partial charge in [0.2, 0.25) is 5.91 Å². The van der Waals surface area contributed by atoms with E-state index in [2.05, 4.69) is 5.32 Å². The number of halogens is 1. The quantitative estimate of drug-likeness (QED) is 0.816. The smallest absolute Gasteiger partial charge is 0.224 e. The number of carbonyl (C=O) groups excluding carboxylic acids is 1. The fourth-order valence-electron chi connectivity index (χ4n) is 1.96. The molecule has 0 unspecified atom stereocenters. The molecule has 1 heterocycles. The highest BCUT2D eigenvalue weighted by Crippen LogP contribution is 2.27. The first-order valence-electron chi connectivity index (χ1n) is 5.52. The fraction of sp³-hybridized carbons (Fsp3) is 0.417. The molecule has 0 saturated heterocycles. The SMILES string of the molecule is NCCCc1cc(F)c2c(c1)CCC(=O)N2. The summed E-state index contributed by atoms with van der Waals surface area (Å²) in [4.78, 5) is 11.1. The van der Waals surface area contributed by atoms with E-state index in [4.69, 9.17) is 5.73 Å². The van der Waals surface area contributed by atoms with Gasteiger partial charge in [0, 0.05) is 6.42 Å². The molecule has 0 radical (unpaired) electrons. The van der Waals surface area contributed by atoms with E-state index in [0.29, 0.717) is 25.1 Å². The third-order valence-electron chi connectivity index (χ3n) is 2.79. The number of hydrogen-bond acceptors (Lipinski definition) is 2. The lowest BCUT2D eigenvalue weighted by Gasteiger charge is -2.18. The molecule has 1 aromatic carbocycles. The summed E-state index contributed by atoms with van der Waals surface area (Å²) < 4.78 is 13.7. The molecule has 2 rings (SSSR count). The van der Waals surface area contributed by atoms with Crippen molar-refractivity contribution in [3.05, 3.63) is 29.1 Å². The van der Waals surface area contributed by atoms with E-state index in [0.717, 1.165) is 24.0 Å². The molecule has 1 aliphatic heterocycles. The second-order valence-corrected chi connectivity index (χ2v) is 4.05. The van der Waals surface area contributed by atoms with Crippen LogP contribution in [-0.2, 0) is 17.6 Å². The lowest BCUT2D eigenvalue weighted by atomic mass is 9.98. The van der Waals surface area contributed by atoms with Gasteiger partial charge in [-0.25, -0.2) is 4.39 Å². The Morgan fingerprint density at radius 3 is 2.94 bits per heavy atom. The summed E-state index contributed by atoms with van der Waals surface area (Å²) in [5.74, 6) is -0.446. The summed E-state index contributed by atoms with van der Waals surface area (Å²) in [6, 6.07) is 3.45. The lowest BCUT2D eigenvalue weighted by Crippen LogP contribution is -2.20. The fourth-order valence-corrected chi connectivity index (χ4v) is 1.96. The summed E-state index contributed by atoms with van der Waals surface area (Å²) in [5.41, 5.74) is 7.63. The van der Waals surface area contributed by atoms with Gasteiger partial charge in [0.1, 0.15) is 5.82 Å². The molecule has 3 nitrogen and oxygen atoms in total. The van der Waals surface area contributed by atoms with Crippen LogP contribution in [0.2, 0.25) is 0 Å². The number of amides is 1. The van der Waals surface area contributed by atoms with Gasteiger partial charge in [-0.3, -0.25) is 4.79 Å². The van der Waals surface area contributed by atoms with Crippen LogP contribution >= 0.6 is 0 Å². The number of fused-ring (bicyclic) bond motifs is 1. The van der Waals surface area contributed by atoms with Crippen molar-refractivity contribution in [2.45, 2.75) is 25.7 Å². The maximum atomic E-state index is 13.7. The Labute approximate surface area is 93.8 Å². The minimum atomic E-state index is -0.336. The molecular weight excluding hydrogens is 207 g/mol. The molecule has 1 amide bonds. The second kappa shape index (κ2) is 4.61. The first-order valence-corrected chi connectivity index (χ1v) is 5.52. The topological polar surface area (TPSA) is 55.1 Å². The number of aryl methyl sites for hydroxylation is 2. The Hall–Kier alpha value is -1.42. The van der Waals surface area contributed by atoms with Crippen molar-refractivity contribution in [2.75, 3.05) is 11.9 Å². The normalized spacial score (nSPS) is 14.5. The Kier molecular flexibility index (Phi) is 3.19. The molecule has 0 bridgehead atoms. The molecule has 86 valence electrons. The number of anilines is 1. The van der Waals surface area contributed by atoms with Crippen LogP contribution in [0.15, 0.2) is 12.1 Å². The van der Waals surface area contributed by atoms with Crippen LogP contribution in [0.3, 0.4) is 0 Å². The molecule has 4 heteroatoms. The molecule has 0 atom stereocenters. The van der Waals surface area contributed by atoms with Gasteiger partial charge < -0.3 is 11.1 Å². The monoisotopic (exact) mass is 222 g/mol. The van der Waals surface area contributed by atoms with E-state index in [-0.39, 0.29) is 11.7 Å². The van der Waals surface area contributed by atoms with E-state index in [1.807, 2.05) is 6.07 Å². The Balaban J connectivity index is 2.27. The minimum absolute atomic E-state index is 0.110. The Morgan fingerprint density at radius 1 is 1.38 bits per heavy atom. The van der Waals surface area contributed by atoms with Crippen molar-refractivity contribution >= 4 is 11.6 Å². The van der Waals surface area contributed by atoms with Crippen LogP contribution in [0.5, 0.6) is 0 Å². The molecule has 16 heavy (non-hydrogen) atoms. The van der Waals surface area contributed by atoms with E-state index >= 15 is 0 Å². The van der Waals surface area contributed by atoms with Crippen LogP contribution in [0.1, 0.15) is 24.0 Å². The van der Waals surface area contributed by atoms with Crippen molar-refractivity contribution in [3.63, 3.8) is 0 Å². The average Bonchev–Trinajstić information content (AvgIpc) is 2.27. The van der Waals surface area contributed by atoms with Crippen LogP contribution in [0.4, 0.5) is 10.1 Å². The van der Waals surface area contributed by atoms with Crippen molar-refractivity contribution in [1.29, 1.82) is 0 Å². The third kappa shape index (κ3) is 2.22. The molecule has 1 aliphatic rings. The van der Waals surface area contributed by atoms with Gasteiger partial charge in [0.05, 0.1) is 5.69 Å². The molecule has 0 aromatic heterocycles. The molecule has 0 saturated carbocycles. The summed E-state index contributed by atoms with van der Waals surface area (Å²) in [7, 11) is 0. The number of benzene rings is 1. The highest BCUT2D eigenvalue weighted by molar-refractivity contribution is 5.94. The largest absolute Gasteiger partial charge is 0.330 e. The highest BCUT2D eigenvalue weighted by Gasteiger charge is 2.18. The molecule has 3 N–H and O–H groups in total. The molecule has 0 fully saturated rings. The van der Waals surface area contributed by atoms with E-state index in [9.17, 15) is 9.18 Å². The minimum Gasteiger partial charge on any atom is -0.330 e. The first kappa shape index (κ1) is 11.1. The standard InChI is InChI=1S/C12H15FN2O/c13-10-7-8(2-1-5-14)6-9-3-4-11(16)15-12(9)10/h6-7H,1-5,14H2,(H,15,16). The zero-order valence-electron chi connectivity index (χ0n) is 9.05. The van der Waals surface area contributed by atoms with Crippen molar-refractivity contribution in [2.24, 2.45) is 5.73 Å². The Morgan fingerprint density at radius 2 is 2.19 bits per heavy atom. The van der Waals surface area contributed by atoms with Crippen molar-refractivity contribution in [1.82, 2.24) is 0 Å². The van der Waals surface area contributed by atoms with E-state index in [1.165, 1.54) is 6.07 Å². The molecule has 0 spiro atoms. The third-order valence-corrected chi connectivity index (χ3v) is 2.79. The zero-order chi connectivity index (χ0) is 11.5. The summed E-state index contributed by atoms with van der Waals surface area (Å²) >= 11 is 0. The summed E-state index contributed by atoms with van der Waals surface area (Å²) in [5, 5.41) is 2.57. The van der Waals surface area contributed by atoms with Gasteiger partial charge in [0.15, 0.2) is 0 Å². The summed E-state index contributed by atoms with van der Waals surface area (Å²) in [6.45, 7) is 0.607. The van der Waals surface area contributed by atoms with E-state index < -0.39 is 0 Å². The van der Waals surface area contributed by atoms with Gasteiger partial charge in [-0.15, -0.1) is 0 Å². The zero-order valence-corrected chi connectivity index (χ0v) is 9.05. The van der Waals surface area contributed by atoms with Crippen LogP contribution in [0, 0.1) is 5.82 Å². The van der Waals surface area contributed by atoms with Gasteiger partial charge in [-0.2, -0.15) is 0 Å². The predicted octanol–water partition coefficient (Wildman–Crippen LogP) is 1.60. The number of nitrogens with one attached hydrogen (secondary N) is 1. The van der Waals surface area contributed by atoms with Gasteiger partial charge >= 0.3 is 0 Å². The molecule has 1 aromatic rings. The van der Waals surface area contributed by atoms with E-state index in [1.54, 1.807) is 0 Å². The number of hydrogen-bond donors (Lipinski definition) is 2. The van der Waals surface area contributed by atoms with Crippen molar-refractivity contribution < 1.29 is 9.18 Å². The van der Waals surface area contributed by atoms with Gasteiger partial charge in [0.25, 0.3) is 0 Å². The maximum absolute atomic E-state index is 13.7. The van der Waals surface area contributed by atoms with Crippen LogP contribution in [-0.4, -0.2) is 12.5 Å². The number of nitrogens with two attached hydrogens (primary N) is 1. The lowest BCUT2D eigenvalue weighted by molar-refractivity contribution is -0.116. The number of rotatable bonds is 3. The number of carbonyl (C=O) groups is 1. The maximum Gasteiger partial charge on any atom is 0.224 e. The van der Waals surface area contributed by atoms with Gasteiger partial charge in [-0.1, -0.05) is 6.07 Å². The van der Waals surface area contributed by atoms with Crippen LogP contribution in [0.25, 0.3) is 0 Å². The predicted molar refractivity (Wildman–Crippen MR) is 60.7 cm³/mol. The Bertz CT molecular complexity index is 418. The van der Waals surface area contributed by atoms with Gasteiger partial charge in [-0.05, 0) is 43.0 Å². The molecule has 0 aliphatic carbocycles. The van der Waals surface area contributed by atoms with Crippen molar-refractivity contribution in [3.8, 4) is 0 Å². The molecular formula is C12H15FN2O.